The summed E-state index contributed by atoms with van der Waals surface area (Å²) < 4.78 is 0. The Morgan fingerprint density at radius 3 is 0.983 bits per heavy atom. The average Bonchev–Trinajstić information content (AvgIpc) is 1.38. The van der Waals surface area contributed by atoms with Gasteiger partial charge in [0.05, 0.1) is 34.1 Å². The summed E-state index contributed by atoms with van der Waals surface area (Å²) in [6.07, 6.45) is 0. The number of benzene rings is 21. The summed E-state index contributed by atoms with van der Waals surface area (Å²) in [6.45, 7) is 21.5. The van der Waals surface area contributed by atoms with E-state index in [-0.39, 0.29) is 39.4 Å². The Bertz CT molecular complexity index is 11100. The van der Waals surface area contributed by atoms with Gasteiger partial charge in [-0.25, -0.2) is 9.97 Å². The molecule has 4 aliphatic carbocycles. The minimum Gasteiger partial charge on any atom is -0.357 e. The number of aromatic nitrogens is 8. The van der Waals surface area contributed by atoms with E-state index in [9.17, 15) is 0 Å². The fourth-order valence-electron chi connectivity index (χ4n) is 33.4. The molecule has 117 heavy (non-hydrogen) atoms. The van der Waals surface area contributed by atoms with Crippen LogP contribution in [0.15, 0.2) is 72.8 Å². The maximum Gasteiger partial charge on any atom is 2.00 e. The normalized spacial score (nSPS) is 19.7. The molecule has 0 N–H and O–H groups in total. The van der Waals surface area contributed by atoms with E-state index in [1.54, 1.807) is 313 Å². The van der Waals surface area contributed by atoms with Gasteiger partial charge in [0.1, 0.15) is 0 Å². The third kappa shape index (κ3) is 3.96. The summed E-state index contributed by atoms with van der Waals surface area (Å²) in [5.74, 6) is 2.34. The molecule has 3 unspecified atom stereocenters. The van der Waals surface area contributed by atoms with Gasteiger partial charge in [-0.2, -0.15) is 0 Å². The van der Waals surface area contributed by atoms with E-state index in [1.165, 1.54) is 5.56 Å². The van der Waals surface area contributed by atoms with Crippen LogP contribution in [0.1, 0.15) is 113 Å². The Morgan fingerprint density at radius 2 is 0.573 bits per heavy atom. The van der Waals surface area contributed by atoms with E-state index in [1.807, 2.05) is 0 Å². The smallest absolute Gasteiger partial charge is 0.357 e. The van der Waals surface area contributed by atoms with Crippen molar-refractivity contribution in [3.05, 3.63) is 117 Å². The molecule has 0 amide bonds. The summed E-state index contributed by atoms with van der Waals surface area (Å²) in [6, 6.07) is 27.2. The van der Waals surface area contributed by atoms with Gasteiger partial charge in [-0.3, -0.25) is 4.90 Å². The molecular weight excluding hydrogens is 1470 g/mol. The van der Waals surface area contributed by atoms with Crippen LogP contribution in [-0.2, 0) is 44.1 Å². The molecule has 8 bridgehead atoms. The molecule has 1 radical (unpaired) electrons. The standard InChI is InChI=1S/C107H45N9.Cu/c1-103(2,3)30-17-11-14-26-33(30)100-111-95-25-21-20-24(22-29(25)99(108-95)110-98-28-16-13-19-32(105(7,8)9)35(28)102(114-98)115-101-34-27(97(113-101)109-96(26)112-100)15-12-18-31(34)104(4,5)6)94-107-92-85-77-65-57-48-39-37-36-38-42(39)51-58-56-47(38)49-45-40(36)43-44-41(37)46-50(48)63(65)71-69-55(46)53(44)61-60-52(43)54(45)68-70-62(49)64(56)76-78-66(58)67(59(51)57)79(77)88(92)87(78)90-83(76)81(70)84-74(68)72(60)80-73(61)75(69)86(82(71)85)93(107)89(80)91(84)106(90,107)23-116(94)10;/h11-22,94H,23H2,1-10H3;/q-2;+2. The van der Waals surface area contributed by atoms with Gasteiger partial charge >= 0.3 is 17.1 Å². The quantitative estimate of drug-likeness (QED) is 0.117. The van der Waals surface area contributed by atoms with Gasteiger partial charge < -0.3 is 29.9 Å². The molecule has 32 aromatic carbocycles. The van der Waals surface area contributed by atoms with Crippen molar-refractivity contribution in [3.63, 3.8) is 0 Å². The number of nitrogens with zero attached hydrogens (tertiary/aromatic N) is 9. The third-order valence-corrected chi connectivity index (χ3v) is 35.4. The van der Waals surface area contributed by atoms with Crippen LogP contribution in [0.3, 0.4) is 0 Å². The predicted molar refractivity (Wildman–Crippen MR) is 479 cm³/mol. The summed E-state index contributed by atoms with van der Waals surface area (Å²) in [5.41, 5.74) is 15.7. The topological polar surface area (TPSA) is 109 Å². The second-order valence-electron chi connectivity index (χ2n) is 42.0. The molecule has 6 heterocycles. The fourth-order valence-corrected chi connectivity index (χ4v) is 33.4. The van der Waals surface area contributed by atoms with Gasteiger partial charge in [-0.15, -0.1) is 0 Å². The van der Waals surface area contributed by atoms with Crippen LogP contribution < -0.4 is 9.97 Å². The van der Waals surface area contributed by atoms with E-state index >= 15 is 0 Å². The van der Waals surface area contributed by atoms with Gasteiger partial charge in [-0.05, 0) is 386 Å². The average molecular weight is 1520 g/mol. The molecule has 2 spiro atoms. The SMILES string of the molecule is CN1CC23c4c5c6c7c8c9c(c%10c%11c2c2c%12c4c4c%13c5c5c7c7c8c8c%14c9c%10c9c%10c%11c2c2c%11c%12c4c4c%12c%13c5c5c7c7c8c8c%14c9c9c%10c2c2c%11c4c4c%12c5c7c5c8c9c2c45)C63C1c1ccc2c(c1)-c1nc-2nc2[n-]c(nc3nc(nc4[n-]c(n1)c1cccc(C(C)(C)C)c41)-c1c-3cccc1C(C)(C)C)c1cccc(C(C)(C)C)c21.[Cu+2]. The molecule has 3 atom stereocenters. The molecule has 3 aliphatic heterocycles. The van der Waals surface area contributed by atoms with Crippen molar-refractivity contribution in [1.82, 2.24) is 44.8 Å². The summed E-state index contributed by atoms with van der Waals surface area (Å²) in [7, 11) is 2.57. The van der Waals surface area contributed by atoms with E-state index in [4.69, 9.17) is 39.9 Å². The Balaban J connectivity index is 0.00000594. The second kappa shape index (κ2) is 13.9. The van der Waals surface area contributed by atoms with E-state index in [0.717, 1.165) is 67.0 Å². The van der Waals surface area contributed by atoms with Gasteiger partial charge in [0.2, 0.25) is 0 Å². The molecule has 7 aliphatic rings. The number of rotatable bonds is 1. The van der Waals surface area contributed by atoms with Crippen molar-refractivity contribution in [2.45, 2.75) is 95.4 Å². The van der Waals surface area contributed by atoms with Gasteiger partial charge in [0.25, 0.3) is 0 Å². The predicted octanol–water partition coefficient (Wildman–Crippen LogP) is 26.3. The molecule has 10 heteroatoms. The zero-order valence-corrected chi connectivity index (χ0v) is 65.0. The Hall–Kier alpha value is -12.8. The second-order valence-corrected chi connectivity index (χ2v) is 42.0. The minimum atomic E-state index is -0.590. The van der Waals surface area contributed by atoms with Crippen LogP contribution in [0.5, 0.6) is 0 Å². The molecule has 0 saturated carbocycles. The van der Waals surface area contributed by atoms with Crippen LogP contribution in [-0.4, -0.2) is 48.4 Å². The number of hydrogen-bond acceptors (Lipinski definition) is 7. The first-order valence-electron chi connectivity index (χ1n) is 42.3. The van der Waals surface area contributed by atoms with E-state index in [0.29, 0.717) is 45.9 Å². The van der Waals surface area contributed by atoms with Crippen molar-refractivity contribution < 1.29 is 17.1 Å². The van der Waals surface area contributed by atoms with Gasteiger partial charge in [0, 0.05) is 57.4 Å². The van der Waals surface area contributed by atoms with Gasteiger partial charge in [0.15, 0.2) is 0 Å². The minimum absolute atomic E-state index is 0. The van der Waals surface area contributed by atoms with Crippen molar-refractivity contribution >= 4 is 335 Å². The first kappa shape index (κ1) is 54.1. The Morgan fingerprint density at radius 1 is 0.282 bits per heavy atom. The summed E-state index contributed by atoms with van der Waals surface area (Å²) in [4.78, 5) is 48.8. The van der Waals surface area contributed by atoms with Crippen LogP contribution >= 0.6 is 0 Å². The first-order valence-corrected chi connectivity index (χ1v) is 42.3. The largest absolute Gasteiger partial charge is 2.00 e. The number of likely N-dealkylation sites (N-methyl/N-ethyl adjacent to an activating group) is 1. The Kier molecular flexibility index (Phi) is 6.44. The summed E-state index contributed by atoms with van der Waals surface area (Å²) in [5, 5.41) is 91.0. The number of likely N-dealkylation sites (tertiary alicyclic amines) is 1. The van der Waals surface area contributed by atoms with Gasteiger partial charge in [-0.1, -0.05) is 129 Å². The van der Waals surface area contributed by atoms with E-state index < -0.39 is 10.8 Å². The third-order valence-electron chi connectivity index (χ3n) is 35.4. The molecule has 9 nitrogen and oxygen atoms in total. The van der Waals surface area contributed by atoms with Crippen LogP contribution in [0, 0.1) is 0 Å². The maximum absolute atomic E-state index is 5.97. The van der Waals surface area contributed by atoms with Crippen LogP contribution in [0.4, 0.5) is 0 Å². The fraction of sp³-hybridized carbons (Fsp3) is 0.159. The number of hydrogen-bond donors (Lipinski definition) is 0. The summed E-state index contributed by atoms with van der Waals surface area (Å²) >= 11 is 0. The zero-order chi connectivity index (χ0) is 73.5. The van der Waals surface area contributed by atoms with Crippen molar-refractivity contribution in [2.24, 2.45) is 0 Å². The molecule has 35 aromatic rings. The molecule has 42 rings (SSSR count). The number of fused-ring (bicyclic) bond motifs is 20. The molecule has 3 aromatic heterocycles. The van der Waals surface area contributed by atoms with Crippen molar-refractivity contribution in [2.75, 3.05) is 13.6 Å². The zero-order valence-electron chi connectivity index (χ0n) is 64.0. The van der Waals surface area contributed by atoms with E-state index in [2.05, 4.69) is 147 Å². The molecule has 529 valence electrons. The first-order chi connectivity index (χ1) is 56.5. The van der Waals surface area contributed by atoms with Crippen molar-refractivity contribution in [1.29, 1.82) is 0 Å². The van der Waals surface area contributed by atoms with Crippen molar-refractivity contribution in [3.8, 4) is 45.6 Å². The monoisotopic (exact) mass is 1520 g/mol. The van der Waals surface area contributed by atoms with Crippen LogP contribution in [0.2, 0.25) is 0 Å². The molecule has 1 fully saturated rings. The molecular formula is C107H45CuN9. The van der Waals surface area contributed by atoms with Crippen LogP contribution in [0.25, 0.3) is 381 Å². The maximum atomic E-state index is 5.97. The Labute approximate surface area is 663 Å². The molecule has 1 saturated heterocycles.